The molecule has 0 spiro atoms. The molecule has 1 aromatic heterocycles. The lowest BCUT2D eigenvalue weighted by Gasteiger charge is -2.05. The Labute approximate surface area is 132 Å². The van der Waals surface area contributed by atoms with Crippen LogP contribution in [0.25, 0.3) is 10.1 Å². The van der Waals surface area contributed by atoms with Crippen LogP contribution in [-0.4, -0.2) is 5.91 Å². The van der Waals surface area contributed by atoms with E-state index in [4.69, 9.17) is 5.73 Å². The topological polar surface area (TPSA) is 55.1 Å². The van der Waals surface area contributed by atoms with E-state index in [1.165, 1.54) is 23.5 Å². The molecule has 1 amide bonds. The van der Waals surface area contributed by atoms with Gasteiger partial charge in [0, 0.05) is 14.9 Å². The summed E-state index contributed by atoms with van der Waals surface area (Å²) in [4.78, 5) is 12.7. The van der Waals surface area contributed by atoms with Crippen LogP contribution in [0.15, 0.2) is 46.9 Å². The number of thiophene rings is 1. The van der Waals surface area contributed by atoms with E-state index in [0.717, 1.165) is 10.1 Å². The second-order valence-electron chi connectivity index (χ2n) is 4.49. The maximum absolute atomic E-state index is 13.7. The molecule has 6 heteroatoms. The number of nitrogens with two attached hydrogens (primary N) is 1. The molecule has 0 bridgehead atoms. The standard InChI is InChI=1S/C15H10BrFN2OS/c16-9-1-3-11(17)12(7-9)19-15(20)14-6-8-5-10(18)2-4-13(8)21-14/h1-7H,18H2,(H,19,20). The Morgan fingerprint density at radius 1 is 1.19 bits per heavy atom. The molecular weight excluding hydrogens is 355 g/mol. The number of anilines is 2. The molecule has 0 aliphatic rings. The van der Waals surface area contributed by atoms with Gasteiger partial charge in [0.25, 0.3) is 5.91 Å². The first kappa shape index (κ1) is 14.0. The van der Waals surface area contributed by atoms with Crippen molar-refractivity contribution in [1.82, 2.24) is 0 Å². The Kier molecular flexibility index (Phi) is 3.65. The summed E-state index contributed by atoms with van der Waals surface area (Å²) in [6.07, 6.45) is 0. The minimum absolute atomic E-state index is 0.145. The summed E-state index contributed by atoms with van der Waals surface area (Å²) < 4.78 is 15.3. The van der Waals surface area contributed by atoms with Gasteiger partial charge in [0.1, 0.15) is 5.82 Å². The average Bonchev–Trinajstić information content (AvgIpc) is 2.86. The van der Waals surface area contributed by atoms with Gasteiger partial charge in [-0.3, -0.25) is 4.79 Å². The fourth-order valence-corrected chi connectivity index (χ4v) is 3.25. The van der Waals surface area contributed by atoms with E-state index in [2.05, 4.69) is 21.2 Å². The van der Waals surface area contributed by atoms with E-state index < -0.39 is 5.82 Å². The van der Waals surface area contributed by atoms with Crippen LogP contribution in [0.2, 0.25) is 0 Å². The lowest BCUT2D eigenvalue weighted by Crippen LogP contribution is -2.11. The minimum atomic E-state index is -0.475. The SMILES string of the molecule is Nc1ccc2sc(C(=O)Nc3cc(Br)ccc3F)cc2c1. The van der Waals surface area contributed by atoms with Gasteiger partial charge in [0.05, 0.1) is 10.6 Å². The van der Waals surface area contributed by atoms with Crippen molar-refractivity contribution < 1.29 is 9.18 Å². The van der Waals surface area contributed by atoms with E-state index >= 15 is 0 Å². The van der Waals surface area contributed by atoms with Gasteiger partial charge in [-0.15, -0.1) is 11.3 Å². The number of hydrogen-bond donors (Lipinski definition) is 2. The van der Waals surface area contributed by atoms with E-state index in [1.807, 2.05) is 12.1 Å². The fourth-order valence-electron chi connectivity index (χ4n) is 1.95. The van der Waals surface area contributed by atoms with Gasteiger partial charge < -0.3 is 11.1 Å². The fraction of sp³-hybridized carbons (Fsp3) is 0. The maximum Gasteiger partial charge on any atom is 0.265 e. The molecule has 0 unspecified atom stereocenters. The van der Waals surface area contributed by atoms with Gasteiger partial charge in [-0.2, -0.15) is 0 Å². The van der Waals surface area contributed by atoms with Crippen molar-refractivity contribution in [2.24, 2.45) is 0 Å². The zero-order valence-electron chi connectivity index (χ0n) is 10.7. The molecule has 3 aromatic rings. The smallest absolute Gasteiger partial charge is 0.265 e. The second kappa shape index (κ2) is 5.46. The normalized spacial score (nSPS) is 10.8. The molecule has 21 heavy (non-hydrogen) atoms. The van der Waals surface area contributed by atoms with Crippen LogP contribution in [0.3, 0.4) is 0 Å². The van der Waals surface area contributed by atoms with Gasteiger partial charge in [-0.05, 0) is 47.9 Å². The first-order chi connectivity index (χ1) is 10.0. The van der Waals surface area contributed by atoms with E-state index in [-0.39, 0.29) is 11.6 Å². The van der Waals surface area contributed by atoms with Crippen molar-refractivity contribution in [3.63, 3.8) is 0 Å². The van der Waals surface area contributed by atoms with Gasteiger partial charge in [0.2, 0.25) is 0 Å². The molecule has 0 aliphatic heterocycles. The summed E-state index contributed by atoms with van der Waals surface area (Å²) in [6.45, 7) is 0. The first-order valence-electron chi connectivity index (χ1n) is 6.08. The third-order valence-electron chi connectivity index (χ3n) is 2.94. The number of rotatable bonds is 2. The summed E-state index contributed by atoms with van der Waals surface area (Å²) in [7, 11) is 0. The predicted molar refractivity (Wildman–Crippen MR) is 88.3 cm³/mol. The van der Waals surface area contributed by atoms with Crippen LogP contribution >= 0.6 is 27.3 Å². The first-order valence-corrected chi connectivity index (χ1v) is 7.69. The van der Waals surface area contributed by atoms with E-state index in [9.17, 15) is 9.18 Å². The monoisotopic (exact) mass is 364 g/mol. The summed E-state index contributed by atoms with van der Waals surface area (Å²) in [5.41, 5.74) is 6.51. The van der Waals surface area contributed by atoms with Crippen LogP contribution in [-0.2, 0) is 0 Å². The third kappa shape index (κ3) is 2.91. The highest BCUT2D eigenvalue weighted by molar-refractivity contribution is 9.10. The average molecular weight is 365 g/mol. The van der Waals surface area contributed by atoms with Gasteiger partial charge in [-0.1, -0.05) is 15.9 Å². The summed E-state index contributed by atoms with van der Waals surface area (Å²) in [6, 6.07) is 11.6. The molecule has 0 radical (unpaired) electrons. The largest absolute Gasteiger partial charge is 0.399 e. The maximum atomic E-state index is 13.7. The lowest BCUT2D eigenvalue weighted by molar-refractivity contribution is 0.103. The molecule has 3 rings (SSSR count). The molecule has 0 saturated carbocycles. The summed E-state index contributed by atoms with van der Waals surface area (Å²) >= 11 is 4.59. The van der Waals surface area contributed by atoms with Crippen LogP contribution < -0.4 is 11.1 Å². The number of nitrogens with one attached hydrogen (secondary N) is 1. The molecule has 2 aromatic carbocycles. The molecule has 0 atom stereocenters. The molecule has 0 fully saturated rings. The van der Waals surface area contributed by atoms with Gasteiger partial charge in [-0.25, -0.2) is 4.39 Å². The van der Waals surface area contributed by atoms with Crippen molar-refractivity contribution in [1.29, 1.82) is 0 Å². The number of hydrogen-bond acceptors (Lipinski definition) is 3. The van der Waals surface area contributed by atoms with E-state index in [1.54, 1.807) is 18.2 Å². The van der Waals surface area contributed by atoms with Gasteiger partial charge >= 0.3 is 0 Å². The highest BCUT2D eigenvalue weighted by Crippen LogP contribution is 2.28. The molecule has 1 heterocycles. The van der Waals surface area contributed by atoms with Crippen LogP contribution in [0.4, 0.5) is 15.8 Å². The van der Waals surface area contributed by atoms with Gasteiger partial charge in [0.15, 0.2) is 0 Å². The number of fused-ring (bicyclic) bond motifs is 1. The zero-order chi connectivity index (χ0) is 15.0. The van der Waals surface area contributed by atoms with Crippen molar-refractivity contribution >= 4 is 54.6 Å². The quantitative estimate of drug-likeness (QED) is 0.650. The molecule has 0 aliphatic carbocycles. The summed E-state index contributed by atoms with van der Waals surface area (Å²) in [5, 5.41) is 3.48. The van der Waals surface area contributed by atoms with Crippen LogP contribution in [0.5, 0.6) is 0 Å². The van der Waals surface area contributed by atoms with Crippen molar-refractivity contribution in [2.75, 3.05) is 11.1 Å². The second-order valence-corrected chi connectivity index (χ2v) is 6.49. The number of halogens is 2. The molecule has 106 valence electrons. The number of carbonyl (C=O) groups is 1. The van der Waals surface area contributed by atoms with E-state index in [0.29, 0.717) is 15.0 Å². The number of amides is 1. The van der Waals surface area contributed by atoms with Crippen LogP contribution in [0, 0.1) is 5.82 Å². The lowest BCUT2D eigenvalue weighted by atomic mass is 10.2. The number of benzene rings is 2. The Morgan fingerprint density at radius 3 is 2.81 bits per heavy atom. The molecule has 3 nitrogen and oxygen atoms in total. The number of carbonyl (C=O) groups excluding carboxylic acids is 1. The summed E-state index contributed by atoms with van der Waals surface area (Å²) in [5.74, 6) is -0.816. The molecular formula is C15H10BrFN2OS. The Bertz CT molecular complexity index is 847. The van der Waals surface area contributed by atoms with Crippen LogP contribution in [0.1, 0.15) is 9.67 Å². The molecule has 0 saturated heterocycles. The molecule has 3 N–H and O–H groups in total. The Hall–Kier alpha value is -1.92. The van der Waals surface area contributed by atoms with Crippen molar-refractivity contribution in [2.45, 2.75) is 0 Å². The highest BCUT2D eigenvalue weighted by atomic mass is 79.9. The predicted octanol–water partition coefficient (Wildman–Crippen LogP) is 4.64. The minimum Gasteiger partial charge on any atom is -0.399 e. The highest BCUT2D eigenvalue weighted by Gasteiger charge is 2.13. The Morgan fingerprint density at radius 2 is 2.00 bits per heavy atom. The third-order valence-corrected chi connectivity index (χ3v) is 4.55. The van der Waals surface area contributed by atoms with Crippen molar-refractivity contribution in [3.05, 3.63) is 57.6 Å². The number of nitrogen functional groups attached to an aromatic ring is 1. The zero-order valence-corrected chi connectivity index (χ0v) is 13.1. The Balaban J connectivity index is 1.91. The van der Waals surface area contributed by atoms with Crippen molar-refractivity contribution in [3.8, 4) is 0 Å².